The van der Waals surface area contributed by atoms with Crippen molar-refractivity contribution in [3.8, 4) is 0 Å². The summed E-state index contributed by atoms with van der Waals surface area (Å²) in [7, 11) is 1.66. The smallest absolute Gasteiger partial charge is 0.184 e. The summed E-state index contributed by atoms with van der Waals surface area (Å²) in [6.45, 7) is 0.755. The summed E-state index contributed by atoms with van der Waals surface area (Å²) in [6, 6.07) is 7.93. The third kappa shape index (κ3) is 2.54. The number of para-hydroxylation sites is 1. The second kappa shape index (κ2) is 5.11. The van der Waals surface area contributed by atoms with E-state index >= 15 is 0 Å². The molecule has 1 aromatic rings. The molecule has 0 aromatic heterocycles. The number of nitrogens with zero attached hydrogens (tertiary/aromatic N) is 2. The quantitative estimate of drug-likeness (QED) is 0.605. The number of fused-ring (bicyclic) bond motifs is 1. The van der Waals surface area contributed by atoms with Gasteiger partial charge in [0.25, 0.3) is 0 Å². The molecule has 5 nitrogen and oxygen atoms in total. The van der Waals surface area contributed by atoms with E-state index in [0.717, 1.165) is 29.9 Å². The minimum absolute atomic E-state index is 0.171. The first-order valence-electron chi connectivity index (χ1n) is 5.25. The van der Waals surface area contributed by atoms with Crippen LogP contribution >= 0.6 is 12.2 Å². The van der Waals surface area contributed by atoms with Gasteiger partial charge in [0, 0.05) is 12.0 Å². The van der Waals surface area contributed by atoms with Crippen molar-refractivity contribution in [2.45, 2.75) is 6.42 Å². The molecule has 0 spiro atoms. The predicted molar refractivity (Wildman–Crippen MR) is 71.9 cm³/mol. The molecule has 1 heterocycles. The van der Waals surface area contributed by atoms with Crippen LogP contribution in [-0.4, -0.2) is 24.5 Å². The van der Waals surface area contributed by atoms with Gasteiger partial charge in [0.1, 0.15) is 0 Å². The van der Waals surface area contributed by atoms with E-state index in [-0.39, 0.29) is 5.11 Å². The van der Waals surface area contributed by atoms with Crippen LogP contribution < -0.4 is 16.2 Å². The molecule has 0 saturated carbocycles. The second-order valence-electron chi connectivity index (χ2n) is 3.59. The lowest BCUT2D eigenvalue weighted by Gasteiger charge is -2.29. The number of rotatable bonds is 2. The first-order valence-corrected chi connectivity index (χ1v) is 5.66. The molecule has 0 amide bonds. The second-order valence-corrected chi connectivity index (χ2v) is 4.03. The van der Waals surface area contributed by atoms with Crippen LogP contribution in [0.2, 0.25) is 0 Å². The zero-order valence-corrected chi connectivity index (χ0v) is 10.3. The highest BCUT2D eigenvalue weighted by Gasteiger charge is 2.21. The molecule has 0 bridgehead atoms. The number of benzene rings is 1. The van der Waals surface area contributed by atoms with Crippen LogP contribution in [0.15, 0.2) is 29.4 Å². The van der Waals surface area contributed by atoms with E-state index in [4.69, 9.17) is 22.8 Å². The zero-order chi connectivity index (χ0) is 12.3. The van der Waals surface area contributed by atoms with Crippen molar-refractivity contribution >= 4 is 28.7 Å². The molecule has 17 heavy (non-hydrogen) atoms. The van der Waals surface area contributed by atoms with E-state index in [1.807, 2.05) is 29.3 Å². The number of anilines is 1. The Morgan fingerprint density at radius 2 is 2.29 bits per heavy atom. The molecule has 2 rings (SSSR count). The number of hydrazone groups is 1. The number of nitrogens with one attached hydrogen (secondary N) is 1. The minimum Gasteiger partial charge on any atom is -0.375 e. The molecule has 0 fully saturated rings. The third-order valence-electron chi connectivity index (χ3n) is 2.56. The fraction of sp³-hybridized carbons (Fsp3) is 0.273. The van der Waals surface area contributed by atoms with Gasteiger partial charge in [-0.15, -0.1) is 0 Å². The molecule has 90 valence electrons. The van der Waals surface area contributed by atoms with Gasteiger partial charge in [0.15, 0.2) is 5.11 Å². The Kier molecular flexibility index (Phi) is 3.55. The Hall–Kier alpha value is -1.66. The maximum Gasteiger partial charge on any atom is 0.184 e. The van der Waals surface area contributed by atoms with Crippen LogP contribution in [0.4, 0.5) is 5.69 Å². The molecule has 0 unspecified atom stereocenters. The summed E-state index contributed by atoms with van der Waals surface area (Å²) >= 11 is 4.73. The normalized spacial score (nSPS) is 16.8. The number of nitrogens with two attached hydrogens (primary N) is 1. The van der Waals surface area contributed by atoms with Gasteiger partial charge in [-0.3, -0.25) is 15.3 Å². The van der Waals surface area contributed by atoms with E-state index in [1.165, 1.54) is 0 Å². The first-order chi connectivity index (χ1) is 8.22. The lowest BCUT2D eigenvalue weighted by Crippen LogP contribution is -2.33. The van der Waals surface area contributed by atoms with Crippen LogP contribution in [0.1, 0.15) is 12.0 Å². The summed E-state index contributed by atoms with van der Waals surface area (Å²) in [6.07, 6.45) is 0.778. The fourth-order valence-electron chi connectivity index (χ4n) is 1.83. The zero-order valence-electron chi connectivity index (χ0n) is 9.51. The van der Waals surface area contributed by atoms with E-state index in [1.54, 1.807) is 7.11 Å². The van der Waals surface area contributed by atoms with E-state index in [9.17, 15) is 0 Å². The van der Waals surface area contributed by atoms with E-state index in [2.05, 4.69) is 10.5 Å². The van der Waals surface area contributed by atoms with Gasteiger partial charge in [-0.2, -0.15) is 5.10 Å². The number of hydroxylamine groups is 1. The highest BCUT2D eigenvalue weighted by Crippen LogP contribution is 2.26. The molecule has 1 aromatic carbocycles. The number of hydrogen-bond acceptors (Lipinski definition) is 4. The van der Waals surface area contributed by atoms with Gasteiger partial charge in [0.05, 0.1) is 25.1 Å². The summed E-state index contributed by atoms with van der Waals surface area (Å²) in [5.41, 5.74) is 11.0. The Morgan fingerprint density at radius 1 is 1.53 bits per heavy atom. The van der Waals surface area contributed by atoms with Gasteiger partial charge in [-0.1, -0.05) is 18.2 Å². The SMILES string of the molecule is CON1CCC(=NNC(N)=S)c2ccccc21. The molecule has 1 aliphatic rings. The predicted octanol–water partition coefficient (Wildman–Crippen LogP) is 0.995. The number of hydrogen-bond donors (Lipinski definition) is 2. The van der Waals surface area contributed by atoms with Crippen LogP contribution in [-0.2, 0) is 4.84 Å². The maximum atomic E-state index is 5.36. The fourth-order valence-corrected chi connectivity index (χ4v) is 1.87. The lowest BCUT2D eigenvalue weighted by atomic mass is 10.0. The summed E-state index contributed by atoms with van der Waals surface area (Å²) in [4.78, 5) is 5.30. The third-order valence-corrected chi connectivity index (χ3v) is 2.65. The van der Waals surface area contributed by atoms with Crippen molar-refractivity contribution in [1.82, 2.24) is 5.43 Å². The molecular formula is C11H14N4OS. The monoisotopic (exact) mass is 250 g/mol. The van der Waals surface area contributed by atoms with Crippen LogP contribution in [0, 0.1) is 0 Å². The lowest BCUT2D eigenvalue weighted by molar-refractivity contribution is 0.167. The first kappa shape index (κ1) is 11.8. The average molecular weight is 250 g/mol. The summed E-state index contributed by atoms with van der Waals surface area (Å²) < 4.78 is 0. The van der Waals surface area contributed by atoms with Crippen LogP contribution in [0.5, 0.6) is 0 Å². The van der Waals surface area contributed by atoms with Crippen LogP contribution in [0.25, 0.3) is 0 Å². The summed E-state index contributed by atoms with van der Waals surface area (Å²) in [5.74, 6) is 0. The molecule has 1 aliphatic heterocycles. The van der Waals surface area contributed by atoms with Gasteiger partial charge in [0.2, 0.25) is 0 Å². The molecule has 0 radical (unpaired) electrons. The van der Waals surface area contributed by atoms with Gasteiger partial charge >= 0.3 is 0 Å². The molecule has 6 heteroatoms. The molecule has 0 aliphatic carbocycles. The topological polar surface area (TPSA) is 62.9 Å². The minimum atomic E-state index is 0.171. The van der Waals surface area contributed by atoms with E-state index < -0.39 is 0 Å². The van der Waals surface area contributed by atoms with E-state index in [0.29, 0.717) is 0 Å². The van der Waals surface area contributed by atoms with Gasteiger partial charge < -0.3 is 5.73 Å². The van der Waals surface area contributed by atoms with Crippen molar-refractivity contribution in [2.75, 3.05) is 18.7 Å². The molecule has 3 N–H and O–H groups in total. The maximum absolute atomic E-state index is 5.36. The van der Waals surface area contributed by atoms with Gasteiger partial charge in [-0.25, -0.2) is 0 Å². The van der Waals surface area contributed by atoms with Crippen molar-refractivity contribution in [3.05, 3.63) is 29.8 Å². The molecule has 0 saturated heterocycles. The average Bonchev–Trinajstić information content (AvgIpc) is 2.35. The Labute approximate surface area is 105 Å². The van der Waals surface area contributed by atoms with Gasteiger partial charge in [-0.05, 0) is 18.3 Å². The highest BCUT2D eigenvalue weighted by atomic mass is 32.1. The van der Waals surface area contributed by atoms with Crippen LogP contribution in [0.3, 0.4) is 0 Å². The van der Waals surface area contributed by atoms with Crippen molar-refractivity contribution in [2.24, 2.45) is 10.8 Å². The Bertz CT molecular complexity index is 461. The number of thiocarbonyl (C=S) groups is 1. The highest BCUT2D eigenvalue weighted by molar-refractivity contribution is 7.80. The van der Waals surface area contributed by atoms with Crippen molar-refractivity contribution in [3.63, 3.8) is 0 Å². The molecule has 0 atom stereocenters. The standard InChI is InChI=1S/C11H14N4OS/c1-16-15-7-6-9(13-14-11(12)17)8-4-2-3-5-10(8)15/h2-5H,6-7H2,1H3,(H3,12,14,17). The molecular weight excluding hydrogens is 236 g/mol. The van der Waals surface area contributed by atoms with Crippen molar-refractivity contribution in [1.29, 1.82) is 0 Å². The van der Waals surface area contributed by atoms with Crippen molar-refractivity contribution < 1.29 is 4.84 Å². The largest absolute Gasteiger partial charge is 0.375 e. The Balaban J connectivity index is 2.34. The Morgan fingerprint density at radius 3 is 3.00 bits per heavy atom. The summed E-state index contributed by atoms with van der Waals surface area (Å²) in [5, 5.41) is 6.22.